The molecule has 0 amide bonds. The summed E-state index contributed by atoms with van der Waals surface area (Å²) in [6.45, 7) is 0. The number of hydrogen-bond donors (Lipinski definition) is 1. The van der Waals surface area contributed by atoms with E-state index in [2.05, 4.69) is 15.6 Å². The first-order chi connectivity index (χ1) is 7.69. The Morgan fingerprint density at radius 1 is 1.38 bits per heavy atom. The molecule has 1 saturated carbocycles. The van der Waals surface area contributed by atoms with Gasteiger partial charge in [0.05, 0.1) is 11.0 Å². The summed E-state index contributed by atoms with van der Waals surface area (Å²) >= 11 is 0. The molecule has 0 aromatic carbocycles. The second-order valence-electron chi connectivity index (χ2n) is 4.92. The average Bonchev–Trinajstić information content (AvgIpc) is 2.87. The number of aromatic nitrogens is 2. The molecule has 2 heterocycles. The Bertz CT molecular complexity index is 521. The summed E-state index contributed by atoms with van der Waals surface area (Å²) in [5, 5.41) is 0. The Hall–Kier alpha value is -1.35. The third-order valence-electron chi connectivity index (χ3n) is 3.80. The molecule has 0 radical (unpaired) electrons. The van der Waals surface area contributed by atoms with Crippen molar-refractivity contribution in [1.82, 2.24) is 9.55 Å². The zero-order chi connectivity index (χ0) is 11.2. The topological polar surface area (TPSA) is 43.8 Å². The molecule has 2 aromatic heterocycles. The molecule has 2 N–H and O–H groups in total. The van der Waals surface area contributed by atoms with E-state index in [1.807, 2.05) is 25.5 Å². The molecule has 2 aromatic rings. The van der Waals surface area contributed by atoms with Crippen LogP contribution in [-0.4, -0.2) is 9.55 Å². The van der Waals surface area contributed by atoms with Gasteiger partial charge in [0.15, 0.2) is 0 Å². The van der Waals surface area contributed by atoms with Crippen molar-refractivity contribution in [2.24, 2.45) is 12.8 Å². The summed E-state index contributed by atoms with van der Waals surface area (Å²) in [5.41, 5.74) is 9.73. The molecule has 1 aliphatic rings. The number of fused-ring (bicyclic) bond motifs is 1. The van der Waals surface area contributed by atoms with Crippen molar-refractivity contribution in [3.8, 4) is 0 Å². The Morgan fingerprint density at radius 2 is 2.12 bits per heavy atom. The van der Waals surface area contributed by atoms with Gasteiger partial charge in [0.2, 0.25) is 0 Å². The molecule has 0 saturated heterocycles. The van der Waals surface area contributed by atoms with Gasteiger partial charge in [-0.3, -0.25) is 4.98 Å². The van der Waals surface area contributed by atoms with Crippen LogP contribution in [0.25, 0.3) is 11.0 Å². The first kappa shape index (κ1) is 9.85. The number of nitrogens with two attached hydrogens (primary N) is 1. The Labute approximate surface area is 95.3 Å². The lowest BCUT2D eigenvalue weighted by molar-refractivity contribution is 0.460. The van der Waals surface area contributed by atoms with Crippen LogP contribution in [0.5, 0.6) is 0 Å². The van der Waals surface area contributed by atoms with Gasteiger partial charge >= 0.3 is 0 Å². The van der Waals surface area contributed by atoms with E-state index in [-0.39, 0.29) is 5.54 Å². The van der Waals surface area contributed by atoms with Gasteiger partial charge in [0.1, 0.15) is 0 Å². The Kier molecular flexibility index (Phi) is 2.04. The molecule has 3 nitrogen and oxygen atoms in total. The van der Waals surface area contributed by atoms with Crippen LogP contribution >= 0.6 is 0 Å². The number of hydrogen-bond acceptors (Lipinski definition) is 2. The van der Waals surface area contributed by atoms with Gasteiger partial charge in [-0.15, -0.1) is 0 Å². The molecular weight excluding hydrogens is 198 g/mol. The van der Waals surface area contributed by atoms with Gasteiger partial charge in [0, 0.05) is 25.0 Å². The summed E-state index contributed by atoms with van der Waals surface area (Å²) in [6.07, 6.45) is 8.64. The maximum atomic E-state index is 6.44. The Morgan fingerprint density at radius 3 is 2.88 bits per heavy atom. The fourth-order valence-corrected chi connectivity index (χ4v) is 2.70. The van der Waals surface area contributed by atoms with Crippen molar-refractivity contribution in [1.29, 1.82) is 0 Å². The number of pyridine rings is 1. The summed E-state index contributed by atoms with van der Waals surface area (Å²) in [4.78, 5) is 4.49. The monoisotopic (exact) mass is 215 g/mol. The van der Waals surface area contributed by atoms with Crippen molar-refractivity contribution < 1.29 is 0 Å². The molecule has 1 fully saturated rings. The third-order valence-corrected chi connectivity index (χ3v) is 3.80. The molecule has 84 valence electrons. The predicted octanol–water partition coefficient (Wildman–Crippen LogP) is 2.30. The number of nitrogens with zero attached hydrogens (tertiary/aromatic N) is 2. The predicted molar refractivity (Wildman–Crippen MR) is 65.0 cm³/mol. The highest BCUT2D eigenvalue weighted by atomic mass is 14.9. The van der Waals surface area contributed by atoms with Crippen LogP contribution in [-0.2, 0) is 12.6 Å². The first-order valence-electron chi connectivity index (χ1n) is 5.89. The molecule has 3 heteroatoms. The lowest BCUT2D eigenvalue weighted by Crippen LogP contribution is -2.33. The maximum absolute atomic E-state index is 6.44. The zero-order valence-corrected chi connectivity index (χ0v) is 9.61. The number of aryl methyl sites for hydroxylation is 1. The van der Waals surface area contributed by atoms with Crippen LogP contribution in [0.2, 0.25) is 0 Å². The molecule has 0 bridgehead atoms. The van der Waals surface area contributed by atoms with E-state index in [4.69, 9.17) is 5.73 Å². The normalized spacial score (nSPS) is 19.4. The van der Waals surface area contributed by atoms with Crippen LogP contribution in [0.1, 0.15) is 31.2 Å². The van der Waals surface area contributed by atoms with Crippen LogP contribution in [0.4, 0.5) is 0 Å². The quantitative estimate of drug-likeness (QED) is 0.793. The van der Waals surface area contributed by atoms with E-state index in [1.165, 1.54) is 23.9 Å². The fourth-order valence-electron chi connectivity index (χ4n) is 2.70. The smallest absolute Gasteiger partial charge is 0.0881 e. The molecule has 0 unspecified atom stereocenters. The second kappa shape index (κ2) is 3.32. The zero-order valence-electron chi connectivity index (χ0n) is 9.61. The lowest BCUT2D eigenvalue weighted by atomic mass is 9.90. The van der Waals surface area contributed by atoms with Crippen molar-refractivity contribution in [2.45, 2.75) is 31.2 Å². The minimum Gasteiger partial charge on any atom is -0.349 e. The summed E-state index contributed by atoms with van der Waals surface area (Å²) in [7, 11) is 2.05. The van der Waals surface area contributed by atoms with Crippen LogP contribution < -0.4 is 5.73 Å². The summed E-state index contributed by atoms with van der Waals surface area (Å²) in [6, 6.07) is 4.24. The van der Waals surface area contributed by atoms with Gasteiger partial charge in [-0.2, -0.15) is 0 Å². The van der Waals surface area contributed by atoms with Crippen molar-refractivity contribution >= 4 is 11.0 Å². The van der Waals surface area contributed by atoms with Crippen molar-refractivity contribution in [2.75, 3.05) is 0 Å². The minimum absolute atomic E-state index is 0.133. The molecule has 0 atom stereocenters. The molecule has 3 rings (SSSR count). The van der Waals surface area contributed by atoms with Gasteiger partial charge < -0.3 is 10.3 Å². The third kappa shape index (κ3) is 1.35. The van der Waals surface area contributed by atoms with Gasteiger partial charge in [0.25, 0.3) is 0 Å². The van der Waals surface area contributed by atoms with E-state index >= 15 is 0 Å². The fraction of sp³-hybridized carbons (Fsp3) is 0.462. The van der Waals surface area contributed by atoms with Gasteiger partial charge in [-0.05, 0) is 30.5 Å². The highest BCUT2D eigenvalue weighted by molar-refractivity contribution is 5.76. The average molecular weight is 215 g/mol. The van der Waals surface area contributed by atoms with Crippen LogP contribution in [0, 0.1) is 0 Å². The van der Waals surface area contributed by atoms with Crippen LogP contribution in [0.15, 0.2) is 24.5 Å². The standard InChI is InChI=1S/C13H17N3/c1-16-7-4-11-12(16)8-10(9-15-11)13(14)5-2-3-6-13/h4,7-9H,2-3,5-6,14H2,1H3. The van der Waals surface area contributed by atoms with E-state index in [0.29, 0.717) is 0 Å². The van der Waals surface area contributed by atoms with Crippen LogP contribution in [0.3, 0.4) is 0 Å². The molecular formula is C13H17N3. The van der Waals surface area contributed by atoms with E-state index in [1.54, 1.807) is 0 Å². The van der Waals surface area contributed by atoms with Gasteiger partial charge in [-0.25, -0.2) is 0 Å². The second-order valence-corrected chi connectivity index (χ2v) is 4.92. The van der Waals surface area contributed by atoms with Crippen molar-refractivity contribution in [3.63, 3.8) is 0 Å². The summed E-state index contributed by atoms with van der Waals surface area (Å²) in [5.74, 6) is 0. The maximum Gasteiger partial charge on any atom is 0.0881 e. The Balaban J connectivity index is 2.13. The highest BCUT2D eigenvalue weighted by Gasteiger charge is 2.31. The van der Waals surface area contributed by atoms with Gasteiger partial charge in [-0.1, -0.05) is 12.8 Å². The SMILES string of the molecule is Cn1ccc2ncc(C3(N)CCCC3)cc21. The minimum atomic E-state index is -0.133. The van der Waals surface area contributed by atoms with E-state index in [9.17, 15) is 0 Å². The number of rotatable bonds is 1. The molecule has 16 heavy (non-hydrogen) atoms. The first-order valence-corrected chi connectivity index (χ1v) is 5.89. The van der Waals surface area contributed by atoms with E-state index in [0.717, 1.165) is 18.4 Å². The van der Waals surface area contributed by atoms with Crippen molar-refractivity contribution in [3.05, 3.63) is 30.1 Å². The highest BCUT2D eigenvalue weighted by Crippen LogP contribution is 2.36. The lowest BCUT2D eigenvalue weighted by Gasteiger charge is -2.23. The van der Waals surface area contributed by atoms with E-state index < -0.39 is 0 Å². The molecule has 1 aliphatic carbocycles. The molecule has 0 aliphatic heterocycles. The molecule has 0 spiro atoms. The summed E-state index contributed by atoms with van der Waals surface area (Å²) < 4.78 is 2.10. The largest absolute Gasteiger partial charge is 0.349 e.